The van der Waals surface area contributed by atoms with Gasteiger partial charge in [0.2, 0.25) is 5.91 Å². The van der Waals surface area contributed by atoms with E-state index in [1.807, 2.05) is 11.8 Å². The fourth-order valence-corrected chi connectivity index (χ4v) is 2.19. The molecule has 1 atom stereocenters. The molecule has 19 heavy (non-hydrogen) atoms. The first-order chi connectivity index (χ1) is 9.06. The number of hydrogen-bond acceptors (Lipinski definition) is 5. The zero-order valence-corrected chi connectivity index (χ0v) is 11.7. The first-order valence-electron chi connectivity index (χ1n) is 6.52. The first-order valence-corrected chi connectivity index (χ1v) is 6.52. The van der Waals surface area contributed by atoms with Crippen molar-refractivity contribution in [1.82, 2.24) is 9.80 Å². The Hall–Kier alpha value is -1.34. The minimum Gasteiger partial charge on any atom is -0.409 e. The van der Waals surface area contributed by atoms with Gasteiger partial charge in [-0.2, -0.15) is 0 Å². The molecular formula is C12H24N4O3. The van der Waals surface area contributed by atoms with E-state index in [0.29, 0.717) is 32.7 Å². The maximum Gasteiger partial charge on any atom is 0.223 e. The monoisotopic (exact) mass is 272 g/mol. The van der Waals surface area contributed by atoms with Gasteiger partial charge < -0.3 is 20.6 Å². The van der Waals surface area contributed by atoms with Crippen LogP contribution in [0.4, 0.5) is 0 Å². The summed E-state index contributed by atoms with van der Waals surface area (Å²) in [5.41, 5.74) is 5.46. The zero-order chi connectivity index (χ0) is 14.3. The van der Waals surface area contributed by atoms with E-state index < -0.39 is 0 Å². The summed E-state index contributed by atoms with van der Waals surface area (Å²) in [6.07, 6.45) is 0.522. The van der Waals surface area contributed by atoms with Gasteiger partial charge in [0, 0.05) is 46.3 Å². The van der Waals surface area contributed by atoms with Crippen LogP contribution in [-0.2, 0) is 9.53 Å². The van der Waals surface area contributed by atoms with Gasteiger partial charge in [0.15, 0.2) is 5.84 Å². The molecule has 1 fully saturated rings. The lowest BCUT2D eigenvalue weighted by molar-refractivity contribution is -0.134. The number of piperazine rings is 1. The maximum absolute atomic E-state index is 12.0. The van der Waals surface area contributed by atoms with E-state index in [2.05, 4.69) is 10.1 Å². The van der Waals surface area contributed by atoms with Gasteiger partial charge in [-0.25, -0.2) is 0 Å². The molecule has 1 aliphatic rings. The average molecular weight is 272 g/mol. The first kappa shape index (κ1) is 15.7. The molecule has 1 rings (SSSR count). The molecule has 0 aromatic carbocycles. The van der Waals surface area contributed by atoms with E-state index in [1.54, 1.807) is 7.11 Å². The van der Waals surface area contributed by atoms with Crippen LogP contribution < -0.4 is 5.73 Å². The Morgan fingerprint density at radius 1 is 1.42 bits per heavy atom. The van der Waals surface area contributed by atoms with E-state index in [-0.39, 0.29) is 17.7 Å². The minimum absolute atomic E-state index is 0.174. The fourth-order valence-electron chi connectivity index (χ4n) is 2.19. The van der Waals surface area contributed by atoms with Gasteiger partial charge in [0.05, 0.1) is 6.54 Å². The van der Waals surface area contributed by atoms with Crippen LogP contribution >= 0.6 is 0 Å². The van der Waals surface area contributed by atoms with Gasteiger partial charge in [-0.05, 0) is 5.92 Å². The molecule has 1 aliphatic heterocycles. The van der Waals surface area contributed by atoms with Crippen LogP contribution in [0.2, 0.25) is 0 Å². The Bertz CT molecular complexity index is 314. The molecule has 7 heteroatoms. The van der Waals surface area contributed by atoms with E-state index in [1.165, 1.54) is 0 Å². The number of rotatable bonds is 6. The van der Waals surface area contributed by atoms with Crippen LogP contribution in [0.25, 0.3) is 0 Å². The molecule has 0 saturated carbocycles. The molecule has 3 N–H and O–H groups in total. The van der Waals surface area contributed by atoms with Gasteiger partial charge in [-0.3, -0.25) is 9.69 Å². The van der Waals surface area contributed by atoms with Crippen LogP contribution in [0.5, 0.6) is 0 Å². The fraction of sp³-hybridized carbons (Fsp3) is 0.833. The van der Waals surface area contributed by atoms with Crippen molar-refractivity contribution in [2.24, 2.45) is 16.8 Å². The highest BCUT2D eigenvalue weighted by molar-refractivity contribution is 5.81. The molecule has 0 aromatic heterocycles. The topological polar surface area (TPSA) is 91.4 Å². The lowest BCUT2D eigenvalue weighted by atomic mass is 10.1. The average Bonchev–Trinajstić information content (AvgIpc) is 2.39. The van der Waals surface area contributed by atoms with Gasteiger partial charge in [-0.1, -0.05) is 12.1 Å². The van der Waals surface area contributed by atoms with Crippen LogP contribution in [-0.4, -0.2) is 73.2 Å². The van der Waals surface area contributed by atoms with E-state index in [4.69, 9.17) is 15.7 Å². The van der Waals surface area contributed by atoms with Crippen molar-refractivity contribution in [3.8, 4) is 0 Å². The predicted molar refractivity (Wildman–Crippen MR) is 72.1 cm³/mol. The van der Waals surface area contributed by atoms with Crippen molar-refractivity contribution in [2.75, 3.05) is 46.4 Å². The summed E-state index contributed by atoms with van der Waals surface area (Å²) in [7, 11) is 1.65. The molecule has 0 aromatic rings. The quantitative estimate of drug-likeness (QED) is 0.296. The molecule has 1 unspecified atom stereocenters. The Kier molecular flexibility index (Phi) is 6.58. The normalized spacial score (nSPS) is 19.5. The molecule has 1 heterocycles. The molecule has 0 spiro atoms. The second kappa shape index (κ2) is 7.96. The van der Waals surface area contributed by atoms with Crippen molar-refractivity contribution in [1.29, 1.82) is 0 Å². The smallest absolute Gasteiger partial charge is 0.223 e. The van der Waals surface area contributed by atoms with Gasteiger partial charge in [0.25, 0.3) is 0 Å². The SMILES string of the molecule is COCC(C)CC(=O)N1CCN(CC(N)=NO)CC1. The van der Waals surface area contributed by atoms with Crippen LogP contribution in [0.15, 0.2) is 5.16 Å². The number of nitrogens with two attached hydrogens (primary N) is 1. The minimum atomic E-state index is 0.174. The Labute approximate surface area is 114 Å². The molecule has 0 bridgehead atoms. The number of ether oxygens (including phenoxy) is 1. The van der Waals surface area contributed by atoms with Gasteiger partial charge in [0.1, 0.15) is 0 Å². The van der Waals surface area contributed by atoms with Crippen LogP contribution in [0, 0.1) is 5.92 Å². The Morgan fingerprint density at radius 2 is 2.05 bits per heavy atom. The van der Waals surface area contributed by atoms with E-state index in [9.17, 15) is 4.79 Å². The summed E-state index contributed by atoms with van der Waals surface area (Å²) >= 11 is 0. The number of hydrogen-bond donors (Lipinski definition) is 2. The summed E-state index contributed by atoms with van der Waals surface area (Å²) < 4.78 is 5.04. The van der Waals surface area contributed by atoms with E-state index in [0.717, 1.165) is 13.1 Å². The molecule has 0 radical (unpaired) electrons. The van der Waals surface area contributed by atoms with Crippen molar-refractivity contribution >= 4 is 11.7 Å². The van der Waals surface area contributed by atoms with Crippen molar-refractivity contribution < 1.29 is 14.7 Å². The third kappa shape index (κ3) is 5.44. The summed E-state index contributed by atoms with van der Waals surface area (Å²) in [4.78, 5) is 16.0. The van der Waals surface area contributed by atoms with Gasteiger partial charge in [-0.15, -0.1) is 0 Å². The third-order valence-corrected chi connectivity index (χ3v) is 3.21. The molecule has 1 amide bonds. The van der Waals surface area contributed by atoms with Crippen molar-refractivity contribution in [2.45, 2.75) is 13.3 Å². The summed E-state index contributed by atoms with van der Waals surface area (Å²) in [5, 5.41) is 11.5. The molecule has 0 aliphatic carbocycles. The Morgan fingerprint density at radius 3 is 2.58 bits per heavy atom. The van der Waals surface area contributed by atoms with Crippen LogP contribution in [0.3, 0.4) is 0 Å². The lowest BCUT2D eigenvalue weighted by Crippen LogP contribution is -2.50. The third-order valence-electron chi connectivity index (χ3n) is 3.21. The lowest BCUT2D eigenvalue weighted by Gasteiger charge is -2.34. The number of amides is 1. The number of methoxy groups -OCH3 is 1. The highest BCUT2D eigenvalue weighted by Gasteiger charge is 2.22. The summed E-state index contributed by atoms with van der Waals surface area (Å²) in [6.45, 7) is 5.94. The summed E-state index contributed by atoms with van der Waals surface area (Å²) in [5.74, 6) is 0.620. The van der Waals surface area contributed by atoms with Crippen molar-refractivity contribution in [3.63, 3.8) is 0 Å². The number of carbonyl (C=O) groups excluding carboxylic acids is 1. The second-order valence-electron chi connectivity index (χ2n) is 5.01. The molecule has 1 saturated heterocycles. The predicted octanol–water partition coefficient (Wildman–Crippen LogP) is -0.450. The molecule has 7 nitrogen and oxygen atoms in total. The maximum atomic E-state index is 12.0. The van der Waals surface area contributed by atoms with Crippen LogP contribution in [0.1, 0.15) is 13.3 Å². The number of carbonyl (C=O) groups is 1. The Balaban J connectivity index is 2.31. The molecule has 110 valence electrons. The highest BCUT2D eigenvalue weighted by atomic mass is 16.5. The molecular weight excluding hydrogens is 248 g/mol. The van der Waals surface area contributed by atoms with Gasteiger partial charge >= 0.3 is 0 Å². The zero-order valence-electron chi connectivity index (χ0n) is 11.7. The highest BCUT2D eigenvalue weighted by Crippen LogP contribution is 2.09. The largest absolute Gasteiger partial charge is 0.409 e. The standard InChI is InChI=1S/C12H24N4O3/c1-10(9-19-2)7-12(17)16-5-3-15(4-6-16)8-11(13)14-18/h10,18H,3-9H2,1-2H3,(H2,13,14). The number of amidine groups is 1. The second-order valence-corrected chi connectivity index (χ2v) is 5.01. The number of nitrogens with zero attached hydrogens (tertiary/aromatic N) is 3. The van der Waals surface area contributed by atoms with Crippen molar-refractivity contribution in [3.05, 3.63) is 0 Å². The van der Waals surface area contributed by atoms with E-state index >= 15 is 0 Å². The summed E-state index contributed by atoms with van der Waals surface area (Å²) in [6, 6.07) is 0. The number of oxime groups is 1.